The molecule has 0 N–H and O–H groups in total. The van der Waals surface area contributed by atoms with Crippen LogP contribution in [0, 0.1) is 11.6 Å². The van der Waals surface area contributed by atoms with Gasteiger partial charge in [-0.05, 0) is 39.8 Å². The van der Waals surface area contributed by atoms with E-state index in [1.165, 1.54) is 0 Å². The van der Waals surface area contributed by atoms with Crippen LogP contribution in [-0.4, -0.2) is 15.8 Å². The summed E-state index contributed by atoms with van der Waals surface area (Å²) in [5.41, 5.74) is 0.0783. The number of nitrogens with zero attached hydrogens (tertiary/aromatic N) is 1. The highest BCUT2D eigenvalue weighted by Gasteiger charge is 2.50. The fourth-order valence-electron chi connectivity index (χ4n) is 2.60. The van der Waals surface area contributed by atoms with Crippen LogP contribution < -0.4 is 0 Å². The van der Waals surface area contributed by atoms with Gasteiger partial charge in [0.2, 0.25) is 0 Å². The fourth-order valence-corrected chi connectivity index (χ4v) is 2.60. The lowest BCUT2D eigenvalue weighted by Gasteiger charge is -2.30. The molecule has 0 aliphatic carbocycles. The van der Waals surface area contributed by atoms with Crippen molar-refractivity contribution in [1.29, 1.82) is 0 Å². The predicted molar refractivity (Wildman–Crippen MR) is 75.9 cm³/mol. The molecule has 114 valence electrons. The fraction of sp³-hybridized carbons (Fsp3) is 0.500. The highest BCUT2D eigenvalue weighted by atomic mass is 19.2. The van der Waals surface area contributed by atoms with Crippen molar-refractivity contribution in [2.45, 2.75) is 45.2 Å². The maximum Gasteiger partial charge on any atom is 0.187 e. The first-order chi connectivity index (χ1) is 9.64. The van der Waals surface area contributed by atoms with Crippen molar-refractivity contribution in [3.05, 3.63) is 35.5 Å². The molecule has 0 radical (unpaired) electrons. The van der Waals surface area contributed by atoms with Crippen molar-refractivity contribution in [2.24, 2.45) is 7.05 Å². The third-order valence-corrected chi connectivity index (χ3v) is 4.58. The summed E-state index contributed by atoms with van der Waals surface area (Å²) >= 11 is 0. The SMILES string of the molecule is Cn1cc(C2OC(C)(C)C(C)(C)O2)c2c(F)c(F)ccc21. The Kier molecular flexibility index (Phi) is 2.94. The van der Waals surface area contributed by atoms with Crippen LogP contribution in [0.25, 0.3) is 10.9 Å². The third kappa shape index (κ3) is 1.99. The van der Waals surface area contributed by atoms with Gasteiger partial charge in [-0.1, -0.05) is 0 Å². The first-order valence-corrected chi connectivity index (χ1v) is 6.92. The highest BCUT2D eigenvalue weighted by molar-refractivity contribution is 5.85. The molecule has 0 bridgehead atoms. The van der Waals surface area contributed by atoms with Crippen LogP contribution in [0.2, 0.25) is 0 Å². The zero-order chi connectivity index (χ0) is 15.6. The minimum absolute atomic E-state index is 0.219. The largest absolute Gasteiger partial charge is 0.350 e. The third-order valence-electron chi connectivity index (χ3n) is 4.58. The molecular formula is C16H19F2NO2. The summed E-state index contributed by atoms with van der Waals surface area (Å²) in [7, 11) is 1.79. The Morgan fingerprint density at radius 3 is 2.19 bits per heavy atom. The lowest BCUT2D eigenvalue weighted by Crippen LogP contribution is -2.41. The Balaban J connectivity index is 2.17. The molecule has 1 fully saturated rings. The Morgan fingerprint density at radius 1 is 1.05 bits per heavy atom. The summed E-state index contributed by atoms with van der Waals surface area (Å²) in [5, 5.41) is 0.219. The molecule has 3 nitrogen and oxygen atoms in total. The molecule has 1 aliphatic heterocycles. The van der Waals surface area contributed by atoms with Gasteiger partial charge in [0.15, 0.2) is 17.9 Å². The standard InChI is InChI=1S/C16H19F2NO2/c1-15(2)16(3,4)21-14(20-15)9-8-19(5)11-7-6-10(17)13(18)12(9)11/h6-8,14H,1-5H3. The van der Waals surface area contributed by atoms with Gasteiger partial charge in [-0.2, -0.15) is 0 Å². The van der Waals surface area contributed by atoms with Gasteiger partial charge in [0.1, 0.15) is 0 Å². The van der Waals surface area contributed by atoms with E-state index in [0.717, 1.165) is 6.07 Å². The summed E-state index contributed by atoms with van der Waals surface area (Å²) in [6.45, 7) is 7.70. The Labute approximate surface area is 122 Å². The van der Waals surface area contributed by atoms with E-state index in [2.05, 4.69) is 0 Å². The van der Waals surface area contributed by atoms with Crippen LogP contribution in [-0.2, 0) is 16.5 Å². The van der Waals surface area contributed by atoms with Gasteiger partial charge in [-0.25, -0.2) is 8.78 Å². The molecule has 0 spiro atoms. The molecule has 5 heteroatoms. The maximum absolute atomic E-state index is 14.2. The number of hydrogen-bond acceptors (Lipinski definition) is 2. The van der Waals surface area contributed by atoms with E-state index in [1.54, 1.807) is 23.9 Å². The van der Waals surface area contributed by atoms with Crippen LogP contribution in [0.5, 0.6) is 0 Å². The minimum Gasteiger partial charge on any atom is -0.350 e. The van der Waals surface area contributed by atoms with E-state index in [1.807, 2.05) is 27.7 Å². The summed E-state index contributed by atoms with van der Waals surface area (Å²) in [4.78, 5) is 0. The van der Waals surface area contributed by atoms with Crippen molar-refractivity contribution < 1.29 is 18.3 Å². The molecule has 0 unspecified atom stereocenters. The van der Waals surface area contributed by atoms with Crippen LogP contribution in [0.4, 0.5) is 8.78 Å². The van der Waals surface area contributed by atoms with Gasteiger partial charge in [0.05, 0.1) is 16.7 Å². The van der Waals surface area contributed by atoms with Crippen LogP contribution in [0.15, 0.2) is 18.3 Å². The number of fused-ring (bicyclic) bond motifs is 1. The molecule has 1 aliphatic rings. The molecule has 3 rings (SSSR count). The van der Waals surface area contributed by atoms with E-state index in [0.29, 0.717) is 11.1 Å². The van der Waals surface area contributed by atoms with Crippen molar-refractivity contribution in [3.8, 4) is 0 Å². The topological polar surface area (TPSA) is 23.4 Å². The summed E-state index contributed by atoms with van der Waals surface area (Å²) in [6.07, 6.45) is 1.02. The number of benzene rings is 1. The number of rotatable bonds is 1. The molecule has 21 heavy (non-hydrogen) atoms. The van der Waals surface area contributed by atoms with E-state index in [-0.39, 0.29) is 5.39 Å². The summed E-state index contributed by atoms with van der Waals surface area (Å²) in [5.74, 6) is -1.73. The van der Waals surface area contributed by atoms with Crippen molar-refractivity contribution in [2.75, 3.05) is 0 Å². The predicted octanol–water partition coefficient (Wildman–Crippen LogP) is 4.06. The lowest BCUT2D eigenvalue weighted by molar-refractivity contribution is -0.0887. The second-order valence-corrected chi connectivity index (χ2v) is 6.54. The number of hydrogen-bond donors (Lipinski definition) is 0. The Hall–Kier alpha value is -1.46. The van der Waals surface area contributed by atoms with E-state index < -0.39 is 29.1 Å². The van der Waals surface area contributed by atoms with Gasteiger partial charge in [0.25, 0.3) is 0 Å². The lowest BCUT2D eigenvalue weighted by atomic mass is 9.90. The number of aromatic nitrogens is 1. The van der Waals surface area contributed by atoms with Crippen LogP contribution in [0.3, 0.4) is 0 Å². The smallest absolute Gasteiger partial charge is 0.187 e. The second kappa shape index (κ2) is 4.27. The molecule has 1 aromatic carbocycles. The summed E-state index contributed by atoms with van der Waals surface area (Å²) < 4.78 is 41.4. The van der Waals surface area contributed by atoms with E-state index in [4.69, 9.17) is 9.47 Å². The molecule has 0 saturated carbocycles. The molecule has 0 atom stereocenters. The first kappa shape index (κ1) is 14.5. The summed E-state index contributed by atoms with van der Waals surface area (Å²) in [6, 6.07) is 2.69. The zero-order valence-electron chi connectivity index (χ0n) is 12.8. The van der Waals surface area contributed by atoms with Crippen molar-refractivity contribution in [3.63, 3.8) is 0 Å². The molecule has 1 aromatic heterocycles. The molecule has 2 aromatic rings. The van der Waals surface area contributed by atoms with Gasteiger partial charge >= 0.3 is 0 Å². The quantitative estimate of drug-likeness (QED) is 0.792. The second-order valence-electron chi connectivity index (χ2n) is 6.54. The highest BCUT2D eigenvalue weighted by Crippen LogP contribution is 2.46. The average Bonchev–Trinajstić information content (AvgIpc) is 2.80. The number of halogens is 2. The van der Waals surface area contributed by atoms with Crippen molar-refractivity contribution in [1.82, 2.24) is 4.57 Å². The Morgan fingerprint density at radius 2 is 1.62 bits per heavy atom. The van der Waals surface area contributed by atoms with Gasteiger partial charge in [-0.15, -0.1) is 0 Å². The van der Waals surface area contributed by atoms with Crippen molar-refractivity contribution >= 4 is 10.9 Å². The number of aryl methyl sites for hydroxylation is 1. The molecule has 2 heterocycles. The molecular weight excluding hydrogens is 276 g/mol. The Bertz CT molecular complexity index is 703. The van der Waals surface area contributed by atoms with Gasteiger partial charge < -0.3 is 14.0 Å². The minimum atomic E-state index is -0.869. The average molecular weight is 295 g/mol. The monoisotopic (exact) mass is 295 g/mol. The van der Waals surface area contributed by atoms with Gasteiger partial charge in [-0.3, -0.25) is 0 Å². The normalized spacial score (nSPS) is 21.3. The van der Waals surface area contributed by atoms with Crippen LogP contribution in [0.1, 0.15) is 39.5 Å². The van der Waals surface area contributed by atoms with Crippen LogP contribution >= 0.6 is 0 Å². The molecule has 0 amide bonds. The first-order valence-electron chi connectivity index (χ1n) is 6.92. The number of ether oxygens (including phenoxy) is 2. The zero-order valence-corrected chi connectivity index (χ0v) is 12.8. The maximum atomic E-state index is 14.2. The van der Waals surface area contributed by atoms with E-state index in [9.17, 15) is 8.78 Å². The van der Waals surface area contributed by atoms with Gasteiger partial charge in [0, 0.05) is 24.2 Å². The molecule has 1 saturated heterocycles. The van der Waals surface area contributed by atoms with E-state index >= 15 is 0 Å².